The highest BCUT2D eigenvalue weighted by atomic mass is 35.5. The number of benzene rings is 2. The normalized spacial score (nSPS) is 13.9. The average molecular weight is 418 g/mol. The van der Waals surface area contributed by atoms with Gasteiger partial charge in [-0.1, -0.05) is 40.9 Å². The second-order valence-corrected chi connectivity index (χ2v) is 7.17. The quantitative estimate of drug-likeness (QED) is 0.447. The van der Waals surface area contributed by atoms with Crippen LogP contribution < -0.4 is 4.74 Å². The van der Waals surface area contributed by atoms with Gasteiger partial charge in [-0.2, -0.15) is 13.2 Å². The van der Waals surface area contributed by atoms with Crippen LogP contribution in [0.3, 0.4) is 0 Å². The van der Waals surface area contributed by atoms with E-state index in [-0.39, 0.29) is 23.8 Å². The van der Waals surface area contributed by atoms with E-state index in [0.29, 0.717) is 27.7 Å². The van der Waals surface area contributed by atoms with Gasteiger partial charge in [0.15, 0.2) is 0 Å². The smallest absolute Gasteiger partial charge is 0.417 e. The second-order valence-electron chi connectivity index (χ2n) is 6.77. The molecule has 0 aliphatic heterocycles. The molecular formula is C22H15ClF3NO2. The van der Waals surface area contributed by atoms with Gasteiger partial charge in [0.2, 0.25) is 0 Å². The maximum atomic E-state index is 13.5. The van der Waals surface area contributed by atoms with Crippen LogP contribution >= 0.6 is 11.6 Å². The molecule has 1 fully saturated rings. The van der Waals surface area contributed by atoms with Crippen molar-refractivity contribution in [2.75, 3.05) is 0 Å². The highest BCUT2D eigenvalue weighted by Crippen LogP contribution is 2.46. The molecule has 1 aliphatic carbocycles. The minimum absolute atomic E-state index is 0.00257. The second kappa shape index (κ2) is 7.49. The molecule has 0 atom stereocenters. The molecule has 4 rings (SSSR count). The number of hydrogen-bond acceptors (Lipinski definition) is 3. The lowest BCUT2D eigenvalue weighted by Crippen LogP contribution is -2.08. The largest absolute Gasteiger partial charge is 0.489 e. The molecule has 1 saturated carbocycles. The molecular weight excluding hydrogens is 403 g/mol. The molecule has 0 bridgehead atoms. The Labute approximate surface area is 170 Å². The Bertz CT molecular complexity index is 1090. The lowest BCUT2D eigenvalue weighted by molar-refractivity contribution is -0.137. The molecule has 3 nitrogen and oxygen atoms in total. The third-order valence-corrected chi connectivity index (χ3v) is 5.05. The molecule has 0 N–H and O–H groups in total. The van der Waals surface area contributed by atoms with E-state index >= 15 is 0 Å². The van der Waals surface area contributed by atoms with Gasteiger partial charge in [-0.15, -0.1) is 6.42 Å². The minimum Gasteiger partial charge on any atom is -0.489 e. The fourth-order valence-electron chi connectivity index (χ4n) is 3.13. The maximum Gasteiger partial charge on any atom is 0.417 e. The Morgan fingerprint density at radius 3 is 2.62 bits per heavy atom. The van der Waals surface area contributed by atoms with Gasteiger partial charge in [-0.05, 0) is 31.0 Å². The van der Waals surface area contributed by atoms with E-state index in [0.717, 1.165) is 18.9 Å². The molecule has 2 aromatic carbocycles. The molecule has 0 amide bonds. The monoisotopic (exact) mass is 417 g/mol. The average Bonchev–Trinajstić information content (AvgIpc) is 3.45. The number of halogens is 4. The molecule has 0 unspecified atom stereocenters. The molecule has 0 saturated heterocycles. The number of terminal acetylenes is 1. The third kappa shape index (κ3) is 3.96. The van der Waals surface area contributed by atoms with E-state index in [1.54, 1.807) is 24.3 Å². The summed E-state index contributed by atoms with van der Waals surface area (Å²) in [6.07, 6.45) is 2.67. The van der Waals surface area contributed by atoms with Crippen LogP contribution in [-0.2, 0) is 12.8 Å². The van der Waals surface area contributed by atoms with Crippen molar-refractivity contribution in [3.8, 4) is 29.4 Å². The van der Waals surface area contributed by atoms with Crippen molar-refractivity contribution >= 4 is 11.6 Å². The highest BCUT2D eigenvalue weighted by molar-refractivity contribution is 6.31. The predicted molar refractivity (Wildman–Crippen MR) is 103 cm³/mol. The van der Waals surface area contributed by atoms with Gasteiger partial charge in [-0.3, -0.25) is 0 Å². The van der Waals surface area contributed by atoms with Crippen LogP contribution in [0.2, 0.25) is 5.02 Å². The molecule has 148 valence electrons. The molecule has 1 heterocycles. The van der Waals surface area contributed by atoms with E-state index in [9.17, 15) is 13.2 Å². The van der Waals surface area contributed by atoms with E-state index in [2.05, 4.69) is 11.1 Å². The fraction of sp³-hybridized carbons (Fsp3) is 0.227. The Balaban J connectivity index is 1.70. The summed E-state index contributed by atoms with van der Waals surface area (Å²) in [4.78, 5) is 0. The Kier molecular flexibility index (Phi) is 5.01. The molecule has 29 heavy (non-hydrogen) atoms. The summed E-state index contributed by atoms with van der Waals surface area (Å²) in [5.74, 6) is 3.63. The summed E-state index contributed by atoms with van der Waals surface area (Å²) < 4.78 is 51.7. The minimum atomic E-state index is -4.51. The Morgan fingerprint density at radius 2 is 1.97 bits per heavy atom. The Morgan fingerprint density at radius 1 is 1.21 bits per heavy atom. The highest BCUT2D eigenvalue weighted by Gasteiger charge is 2.37. The van der Waals surface area contributed by atoms with Gasteiger partial charge < -0.3 is 9.26 Å². The first kappa shape index (κ1) is 19.4. The number of rotatable bonds is 5. The van der Waals surface area contributed by atoms with Crippen LogP contribution in [0.25, 0.3) is 11.3 Å². The number of nitrogens with zero attached hydrogens (tertiary/aromatic N) is 1. The van der Waals surface area contributed by atoms with Crippen molar-refractivity contribution in [2.45, 2.75) is 31.5 Å². The van der Waals surface area contributed by atoms with E-state index in [4.69, 9.17) is 27.3 Å². The van der Waals surface area contributed by atoms with Crippen LogP contribution in [0.1, 0.15) is 41.2 Å². The van der Waals surface area contributed by atoms with E-state index < -0.39 is 11.7 Å². The molecule has 1 aliphatic rings. The lowest BCUT2D eigenvalue weighted by Gasteiger charge is -2.13. The number of aromatic nitrogens is 1. The van der Waals surface area contributed by atoms with Gasteiger partial charge in [-0.25, -0.2) is 0 Å². The van der Waals surface area contributed by atoms with Crippen molar-refractivity contribution in [1.29, 1.82) is 0 Å². The Hall–Kier alpha value is -2.91. The molecule has 1 aromatic heterocycles. The summed E-state index contributed by atoms with van der Waals surface area (Å²) in [6, 6.07) is 10.2. The summed E-state index contributed by atoms with van der Waals surface area (Å²) in [6.45, 7) is 0.00257. The summed E-state index contributed by atoms with van der Waals surface area (Å²) in [5, 5.41) is 4.33. The van der Waals surface area contributed by atoms with Gasteiger partial charge in [0.25, 0.3) is 0 Å². The van der Waals surface area contributed by atoms with Crippen molar-refractivity contribution in [2.24, 2.45) is 0 Å². The van der Waals surface area contributed by atoms with Crippen molar-refractivity contribution in [3.63, 3.8) is 0 Å². The van der Waals surface area contributed by atoms with Crippen LogP contribution in [0.5, 0.6) is 5.75 Å². The van der Waals surface area contributed by atoms with Crippen molar-refractivity contribution in [3.05, 3.63) is 69.9 Å². The summed E-state index contributed by atoms with van der Waals surface area (Å²) in [5.41, 5.74) is 0.392. The zero-order chi connectivity index (χ0) is 20.6. The molecule has 0 radical (unpaired) electrons. The van der Waals surface area contributed by atoms with Crippen LogP contribution in [0.15, 0.2) is 47.0 Å². The van der Waals surface area contributed by atoms with E-state index in [1.807, 2.05) is 0 Å². The van der Waals surface area contributed by atoms with E-state index in [1.165, 1.54) is 12.1 Å². The van der Waals surface area contributed by atoms with Gasteiger partial charge in [0.05, 0.1) is 16.1 Å². The zero-order valence-electron chi connectivity index (χ0n) is 15.1. The SMILES string of the molecule is C#Cc1ccc(OCc2c(-c3ccccc3C(F)(F)F)noc2C2CC2)cc1Cl. The standard InChI is InChI=1S/C22H15ClF3NO2/c1-2-13-9-10-15(11-19(13)23)28-12-17-20(27-29-21(17)14-7-8-14)16-5-3-4-6-18(16)22(24,25)26/h1,3-6,9-11,14H,7-8,12H2. The maximum absolute atomic E-state index is 13.5. The summed E-state index contributed by atoms with van der Waals surface area (Å²) in [7, 11) is 0. The number of hydrogen-bond donors (Lipinski definition) is 0. The zero-order valence-corrected chi connectivity index (χ0v) is 15.8. The number of alkyl halides is 3. The van der Waals surface area contributed by atoms with Crippen LogP contribution in [-0.4, -0.2) is 5.16 Å². The van der Waals surface area contributed by atoms with Crippen LogP contribution in [0, 0.1) is 12.3 Å². The first-order valence-corrected chi connectivity index (χ1v) is 9.30. The third-order valence-electron chi connectivity index (χ3n) is 4.73. The topological polar surface area (TPSA) is 35.3 Å². The van der Waals surface area contributed by atoms with Gasteiger partial charge in [0, 0.05) is 23.1 Å². The van der Waals surface area contributed by atoms with Crippen LogP contribution in [0.4, 0.5) is 13.2 Å². The predicted octanol–water partition coefficient (Wildman–Crippen LogP) is 6.45. The molecule has 0 spiro atoms. The first-order chi connectivity index (χ1) is 13.9. The first-order valence-electron chi connectivity index (χ1n) is 8.92. The van der Waals surface area contributed by atoms with Gasteiger partial charge in [0.1, 0.15) is 23.8 Å². The molecule has 7 heteroatoms. The van der Waals surface area contributed by atoms with Gasteiger partial charge >= 0.3 is 6.18 Å². The fourth-order valence-corrected chi connectivity index (χ4v) is 3.36. The summed E-state index contributed by atoms with van der Waals surface area (Å²) >= 11 is 6.10. The van der Waals surface area contributed by atoms with Crippen molar-refractivity contribution < 1.29 is 22.4 Å². The molecule has 3 aromatic rings. The number of ether oxygens (including phenoxy) is 1. The van der Waals surface area contributed by atoms with Crippen molar-refractivity contribution in [1.82, 2.24) is 5.16 Å². The lowest BCUT2D eigenvalue weighted by atomic mass is 9.99.